The molecule has 1 fully saturated rings. The van der Waals surface area contributed by atoms with Gasteiger partial charge >= 0.3 is 0 Å². The highest BCUT2D eigenvalue weighted by Crippen LogP contribution is 2.42. The van der Waals surface area contributed by atoms with Crippen LogP contribution < -0.4 is 5.32 Å². The zero-order chi connectivity index (χ0) is 23.8. The van der Waals surface area contributed by atoms with E-state index in [4.69, 9.17) is 12.2 Å². The summed E-state index contributed by atoms with van der Waals surface area (Å²) in [5, 5.41) is 4.31. The molecular weight excluding hydrogens is 438 g/mol. The largest absolute Gasteiger partial charge is 0.352 e. The zero-order valence-electron chi connectivity index (χ0n) is 20.0. The van der Waals surface area contributed by atoms with Gasteiger partial charge in [-0.1, -0.05) is 24.3 Å². The SMILES string of the molecule is Cc1cccc(-n2c(C)cc([C@H]3[C@@H](c4ccccn4)NC(=S)N3Cc3cccnc3)c2C)c1C. The van der Waals surface area contributed by atoms with E-state index < -0.39 is 0 Å². The molecule has 0 spiro atoms. The minimum Gasteiger partial charge on any atom is -0.352 e. The van der Waals surface area contributed by atoms with Gasteiger partial charge in [-0.05, 0) is 92.5 Å². The molecule has 6 heteroatoms. The molecular formula is C28H29N5S. The fourth-order valence-electron chi connectivity index (χ4n) is 5.04. The molecule has 5 rings (SSSR count). The van der Waals surface area contributed by atoms with Crippen molar-refractivity contribution in [2.24, 2.45) is 0 Å². The van der Waals surface area contributed by atoms with Crippen LogP contribution in [-0.4, -0.2) is 24.5 Å². The molecule has 4 aromatic rings. The molecule has 0 radical (unpaired) electrons. The molecule has 2 atom stereocenters. The van der Waals surface area contributed by atoms with Crippen molar-refractivity contribution in [2.75, 3.05) is 0 Å². The maximum atomic E-state index is 5.87. The van der Waals surface area contributed by atoms with Crippen LogP contribution in [0.1, 0.15) is 51.4 Å². The summed E-state index contributed by atoms with van der Waals surface area (Å²) in [7, 11) is 0. The van der Waals surface area contributed by atoms with Crippen LogP contribution >= 0.6 is 12.2 Å². The number of aryl methyl sites for hydroxylation is 2. The van der Waals surface area contributed by atoms with E-state index in [-0.39, 0.29) is 12.1 Å². The summed E-state index contributed by atoms with van der Waals surface area (Å²) in [5.74, 6) is 0. The molecule has 1 aromatic carbocycles. The Labute approximate surface area is 206 Å². The van der Waals surface area contributed by atoms with Gasteiger partial charge in [-0.3, -0.25) is 9.97 Å². The molecule has 0 saturated carbocycles. The fourth-order valence-corrected chi connectivity index (χ4v) is 5.34. The monoisotopic (exact) mass is 467 g/mol. The van der Waals surface area contributed by atoms with Crippen LogP contribution in [0.2, 0.25) is 0 Å². The number of hydrogen-bond donors (Lipinski definition) is 1. The summed E-state index contributed by atoms with van der Waals surface area (Å²) in [6.07, 6.45) is 5.56. The lowest BCUT2D eigenvalue weighted by Gasteiger charge is -2.28. The van der Waals surface area contributed by atoms with Crippen molar-refractivity contribution in [3.8, 4) is 5.69 Å². The van der Waals surface area contributed by atoms with Gasteiger partial charge in [0.15, 0.2) is 5.11 Å². The summed E-state index contributed by atoms with van der Waals surface area (Å²) in [6.45, 7) is 9.44. The standard InChI is InChI=1S/C28H29N5S/c1-18-9-7-12-25(20(18)3)33-19(2)15-23(21(33)4)27-26(24-11-5-6-14-30-24)31-28(34)32(27)17-22-10-8-13-29-16-22/h5-16,26-27H,17H2,1-4H3,(H,31,34)/t26-,27+/m1/s1. The molecule has 0 bridgehead atoms. The van der Waals surface area contributed by atoms with Crippen LogP contribution in [0.15, 0.2) is 73.2 Å². The average Bonchev–Trinajstić information content (AvgIpc) is 3.32. The third-order valence-electron chi connectivity index (χ3n) is 6.88. The zero-order valence-corrected chi connectivity index (χ0v) is 20.8. The predicted molar refractivity (Wildman–Crippen MR) is 140 cm³/mol. The van der Waals surface area contributed by atoms with E-state index >= 15 is 0 Å². The van der Waals surface area contributed by atoms with Gasteiger partial charge in [-0.15, -0.1) is 0 Å². The summed E-state index contributed by atoms with van der Waals surface area (Å²) >= 11 is 5.87. The number of nitrogens with one attached hydrogen (secondary N) is 1. The number of rotatable bonds is 5. The maximum absolute atomic E-state index is 5.87. The second-order valence-electron chi connectivity index (χ2n) is 9.00. The highest BCUT2D eigenvalue weighted by atomic mass is 32.1. The van der Waals surface area contributed by atoms with Gasteiger partial charge in [0.2, 0.25) is 0 Å². The van der Waals surface area contributed by atoms with Gasteiger partial charge < -0.3 is 14.8 Å². The van der Waals surface area contributed by atoms with Crippen LogP contribution in [-0.2, 0) is 6.54 Å². The molecule has 4 heterocycles. The van der Waals surface area contributed by atoms with E-state index in [1.54, 1.807) is 6.20 Å². The Kier molecular flexibility index (Phi) is 5.92. The number of nitrogens with zero attached hydrogens (tertiary/aromatic N) is 4. The summed E-state index contributed by atoms with van der Waals surface area (Å²) in [5.41, 5.74) is 9.61. The summed E-state index contributed by atoms with van der Waals surface area (Å²) in [6, 6.07) is 18.9. The smallest absolute Gasteiger partial charge is 0.170 e. The maximum Gasteiger partial charge on any atom is 0.170 e. The van der Waals surface area contributed by atoms with E-state index in [2.05, 4.69) is 88.8 Å². The Balaban J connectivity index is 1.64. The summed E-state index contributed by atoms with van der Waals surface area (Å²) < 4.78 is 2.37. The quantitative estimate of drug-likeness (QED) is 0.383. The Bertz CT molecular complexity index is 1330. The van der Waals surface area contributed by atoms with Crippen molar-refractivity contribution in [3.05, 3.63) is 113 Å². The summed E-state index contributed by atoms with van der Waals surface area (Å²) in [4.78, 5) is 11.3. The highest BCUT2D eigenvalue weighted by Gasteiger charge is 2.41. The predicted octanol–water partition coefficient (Wildman–Crippen LogP) is 5.67. The molecule has 172 valence electrons. The minimum atomic E-state index is -0.0436. The van der Waals surface area contributed by atoms with Crippen molar-refractivity contribution in [1.82, 2.24) is 24.8 Å². The Morgan fingerprint density at radius 2 is 1.82 bits per heavy atom. The van der Waals surface area contributed by atoms with E-state index in [9.17, 15) is 0 Å². The molecule has 3 aromatic heterocycles. The highest BCUT2D eigenvalue weighted by molar-refractivity contribution is 7.80. The lowest BCUT2D eigenvalue weighted by atomic mass is 9.96. The van der Waals surface area contributed by atoms with Gasteiger partial charge in [0.25, 0.3) is 0 Å². The molecule has 1 aliphatic rings. The number of aromatic nitrogens is 3. The molecule has 0 aliphatic carbocycles. The Hall–Kier alpha value is -3.51. The molecule has 1 saturated heterocycles. The van der Waals surface area contributed by atoms with E-state index in [0.29, 0.717) is 6.54 Å². The van der Waals surface area contributed by atoms with E-state index in [1.165, 1.54) is 33.8 Å². The van der Waals surface area contributed by atoms with Crippen LogP contribution in [0.5, 0.6) is 0 Å². The first kappa shape index (κ1) is 22.3. The number of benzene rings is 1. The normalized spacial score (nSPS) is 17.8. The van der Waals surface area contributed by atoms with Crippen molar-refractivity contribution >= 4 is 17.3 Å². The number of thiocarbonyl (C=S) groups is 1. The van der Waals surface area contributed by atoms with E-state index in [0.717, 1.165) is 16.4 Å². The third kappa shape index (κ3) is 3.88. The first-order valence-electron chi connectivity index (χ1n) is 11.6. The lowest BCUT2D eigenvalue weighted by Crippen LogP contribution is -2.29. The minimum absolute atomic E-state index is 0.00710. The second-order valence-corrected chi connectivity index (χ2v) is 9.38. The molecule has 1 aliphatic heterocycles. The topological polar surface area (TPSA) is 46.0 Å². The molecule has 0 amide bonds. The van der Waals surface area contributed by atoms with Gasteiger partial charge in [0.05, 0.1) is 17.8 Å². The average molecular weight is 468 g/mol. The van der Waals surface area contributed by atoms with Crippen molar-refractivity contribution < 1.29 is 0 Å². The number of pyridine rings is 2. The van der Waals surface area contributed by atoms with Crippen LogP contribution in [0, 0.1) is 27.7 Å². The van der Waals surface area contributed by atoms with E-state index in [1.807, 2.05) is 30.6 Å². The molecule has 1 N–H and O–H groups in total. The van der Waals surface area contributed by atoms with Gasteiger partial charge in [-0.25, -0.2) is 0 Å². The number of hydrogen-bond acceptors (Lipinski definition) is 3. The third-order valence-corrected chi connectivity index (χ3v) is 7.23. The van der Waals surface area contributed by atoms with Gasteiger partial charge in [0.1, 0.15) is 0 Å². The van der Waals surface area contributed by atoms with Crippen molar-refractivity contribution in [3.63, 3.8) is 0 Å². The Morgan fingerprint density at radius 1 is 0.971 bits per heavy atom. The van der Waals surface area contributed by atoms with Gasteiger partial charge in [0, 0.05) is 42.2 Å². The van der Waals surface area contributed by atoms with Crippen LogP contribution in [0.3, 0.4) is 0 Å². The molecule has 34 heavy (non-hydrogen) atoms. The molecule has 5 nitrogen and oxygen atoms in total. The van der Waals surface area contributed by atoms with Crippen LogP contribution in [0.4, 0.5) is 0 Å². The van der Waals surface area contributed by atoms with Crippen molar-refractivity contribution in [1.29, 1.82) is 0 Å². The van der Waals surface area contributed by atoms with Gasteiger partial charge in [-0.2, -0.15) is 0 Å². The lowest BCUT2D eigenvalue weighted by molar-refractivity contribution is 0.310. The first-order chi connectivity index (χ1) is 16.5. The Morgan fingerprint density at radius 3 is 2.56 bits per heavy atom. The second kappa shape index (κ2) is 9.03. The van der Waals surface area contributed by atoms with Crippen LogP contribution in [0.25, 0.3) is 5.69 Å². The molecule has 0 unspecified atom stereocenters. The first-order valence-corrected chi connectivity index (χ1v) is 12.0. The van der Waals surface area contributed by atoms with Crippen molar-refractivity contribution in [2.45, 2.75) is 46.3 Å². The fraction of sp³-hybridized carbons (Fsp3) is 0.250.